The Morgan fingerprint density at radius 2 is 1.92 bits per heavy atom. The number of hydrogen-bond acceptors (Lipinski definition) is 8. The molecule has 2 aromatic rings. The normalized spacial score (nSPS) is 24.7. The zero-order valence-electron chi connectivity index (χ0n) is 21.6. The number of aromatic carboxylic acids is 1. The van der Waals surface area contributed by atoms with Gasteiger partial charge in [-0.3, -0.25) is 0 Å². The molecule has 0 amide bonds. The Bertz CT molecular complexity index is 1270. The van der Waals surface area contributed by atoms with Crippen molar-refractivity contribution in [1.82, 2.24) is 19.6 Å². The monoisotopic (exact) mass is 546 g/mol. The molecule has 10 nitrogen and oxygen atoms in total. The zero-order chi connectivity index (χ0) is 26.9. The summed E-state index contributed by atoms with van der Waals surface area (Å²) in [5.41, 5.74) is 1.07. The molecule has 1 saturated carbocycles. The highest BCUT2D eigenvalue weighted by Crippen LogP contribution is 2.39. The second kappa shape index (κ2) is 11.1. The van der Waals surface area contributed by atoms with Crippen molar-refractivity contribution >= 4 is 33.2 Å². The maximum absolute atomic E-state index is 13.8. The summed E-state index contributed by atoms with van der Waals surface area (Å²) in [7, 11) is -3.17. The number of aromatic nitrogens is 2. The highest BCUT2D eigenvalue weighted by Gasteiger charge is 2.34. The van der Waals surface area contributed by atoms with Crippen LogP contribution in [0, 0.1) is 11.7 Å². The van der Waals surface area contributed by atoms with Crippen molar-refractivity contribution in [3.05, 3.63) is 42.1 Å². The Hall–Kier alpha value is -2.83. The van der Waals surface area contributed by atoms with Crippen LogP contribution in [0.5, 0.6) is 0 Å². The lowest BCUT2D eigenvalue weighted by Gasteiger charge is -2.45. The fourth-order valence-corrected chi connectivity index (χ4v) is 7.11. The van der Waals surface area contributed by atoms with E-state index in [-0.39, 0.29) is 17.6 Å². The fourth-order valence-electron chi connectivity index (χ4n) is 6.26. The summed E-state index contributed by atoms with van der Waals surface area (Å²) in [4.78, 5) is 27.4. The van der Waals surface area contributed by atoms with Crippen molar-refractivity contribution in [3.63, 3.8) is 0 Å². The maximum atomic E-state index is 13.8. The number of carboxylic acids is 1. The largest absolute Gasteiger partial charge is 0.478 e. The molecular weight excluding hydrogens is 511 g/mol. The predicted octanol–water partition coefficient (Wildman–Crippen LogP) is 2.84. The number of nitrogens with zero attached hydrogens (tertiary/aromatic N) is 5. The third-order valence-electron chi connectivity index (χ3n) is 7.95. The minimum atomic E-state index is -3.17. The number of anilines is 3. The molecule has 3 aliphatic rings. The van der Waals surface area contributed by atoms with Crippen molar-refractivity contribution in [1.29, 1.82) is 0 Å². The minimum Gasteiger partial charge on any atom is -0.478 e. The van der Waals surface area contributed by atoms with E-state index in [4.69, 9.17) is 0 Å². The van der Waals surface area contributed by atoms with Crippen LogP contribution in [0.1, 0.15) is 48.9 Å². The van der Waals surface area contributed by atoms with Gasteiger partial charge in [-0.1, -0.05) is 0 Å². The van der Waals surface area contributed by atoms with Gasteiger partial charge >= 0.3 is 5.97 Å². The second-order valence-corrected chi connectivity index (χ2v) is 12.5. The first-order valence-electron chi connectivity index (χ1n) is 13.2. The van der Waals surface area contributed by atoms with E-state index in [9.17, 15) is 22.7 Å². The Morgan fingerprint density at radius 1 is 1.13 bits per heavy atom. The number of carbonyl (C=O) groups is 1. The van der Waals surface area contributed by atoms with Crippen molar-refractivity contribution in [3.8, 4) is 0 Å². The van der Waals surface area contributed by atoms with Gasteiger partial charge in [-0.2, -0.15) is 0 Å². The molecule has 2 aliphatic heterocycles. The quantitative estimate of drug-likeness (QED) is 0.540. The van der Waals surface area contributed by atoms with Gasteiger partial charge in [0, 0.05) is 38.3 Å². The SMILES string of the molecule is CS(=O)(=O)N[C@H]1CC[C@H](CN2CCCC(N3CCN(c4ccc(F)cc4C(=O)O)c4cncnc43)C2)CC1. The molecule has 12 heteroatoms. The zero-order valence-corrected chi connectivity index (χ0v) is 22.4. The average Bonchev–Trinajstić information content (AvgIpc) is 2.88. The summed E-state index contributed by atoms with van der Waals surface area (Å²) in [6.07, 6.45) is 10.4. The van der Waals surface area contributed by atoms with Crippen LogP contribution in [0.3, 0.4) is 0 Å². The first kappa shape index (κ1) is 26.8. The van der Waals surface area contributed by atoms with Crippen molar-refractivity contribution < 1.29 is 22.7 Å². The lowest BCUT2D eigenvalue weighted by molar-refractivity contribution is 0.0697. The predicted molar refractivity (Wildman–Crippen MR) is 143 cm³/mol. The van der Waals surface area contributed by atoms with E-state index in [1.165, 1.54) is 24.7 Å². The van der Waals surface area contributed by atoms with E-state index in [1.807, 2.05) is 4.90 Å². The molecule has 1 unspecified atom stereocenters. The van der Waals surface area contributed by atoms with Gasteiger partial charge in [-0.15, -0.1) is 0 Å². The Kier molecular flexibility index (Phi) is 7.83. The molecule has 5 rings (SSSR count). The van der Waals surface area contributed by atoms with E-state index in [0.717, 1.165) is 75.7 Å². The summed E-state index contributed by atoms with van der Waals surface area (Å²) < 4.78 is 39.7. The number of piperidine rings is 1. The number of fused-ring (bicyclic) bond motifs is 1. The number of sulfonamides is 1. The highest BCUT2D eigenvalue weighted by molar-refractivity contribution is 7.88. The van der Waals surface area contributed by atoms with Crippen LogP contribution < -0.4 is 14.5 Å². The smallest absolute Gasteiger partial charge is 0.337 e. The van der Waals surface area contributed by atoms with Crippen LogP contribution >= 0.6 is 0 Å². The van der Waals surface area contributed by atoms with Crippen LogP contribution in [0.4, 0.5) is 21.6 Å². The molecule has 0 spiro atoms. The van der Waals surface area contributed by atoms with Gasteiger partial charge in [-0.25, -0.2) is 32.3 Å². The maximum Gasteiger partial charge on any atom is 0.337 e. The highest BCUT2D eigenvalue weighted by atomic mass is 32.2. The average molecular weight is 547 g/mol. The van der Waals surface area contributed by atoms with Crippen LogP contribution in [0.25, 0.3) is 0 Å². The van der Waals surface area contributed by atoms with Gasteiger partial charge < -0.3 is 19.8 Å². The number of likely N-dealkylation sites (tertiary alicyclic amines) is 1. The summed E-state index contributed by atoms with van der Waals surface area (Å²) >= 11 is 0. The molecule has 38 heavy (non-hydrogen) atoms. The van der Waals surface area contributed by atoms with Gasteiger partial charge in [0.1, 0.15) is 17.8 Å². The Labute approximate surface area is 222 Å². The van der Waals surface area contributed by atoms with Crippen molar-refractivity contribution in [2.24, 2.45) is 5.92 Å². The lowest BCUT2D eigenvalue weighted by atomic mass is 9.85. The van der Waals surface area contributed by atoms with Crippen molar-refractivity contribution in [2.75, 3.05) is 48.8 Å². The topological polar surface area (TPSA) is 119 Å². The van der Waals surface area contributed by atoms with Crippen LogP contribution in [-0.2, 0) is 10.0 Å². The number of nitrogens with one attached hydrogen (secondary N) is 1. The molecular formula is C26H35FN6O4S. The second-order valence-electron chi connectivity index (χ2n) is 10.7. The van der Waals surface area contributed by atoms with Gasteiger partial charge in [0.05, 0.1) is 23.7 Å². The summed E-state index contributed by atoms with van der Waals surface area (Å²) in [6.45, 7) is 4.19. The minimum absolute atomic E-state index is 0.0468. The van der Waals surface area contributed by atoms with Crippen LogP contribution in [0.2, 0.25) is 0 Å². The van der Waals surface area contributed by atoms with E-state index < -0.39 is 21.8 Å². The molecule has 1 aromatic carbocycles. The third kappa shape index (κ3) is 6.08. The molecule has 206 valence electrons. The van der Waals surface area contributed by atoms with Gasteiger partial charge in [0.2, 0.25) is 10.0 Å². The fraction of sp³-hybridized carbons (Fsp3) is 0.577. The first-order chi connectivity index (χ1) is 18.2. The molecule has 0 radical (unpaired) electrons. The number of hydrogen-bond donors (Lipinski definition) is 2. The van der Waals surface area contributed by atoms with E-state index in [1.54, 1.807) is 6.20 Å². The molecule has 3 heterocycles. The molecule has 2 N–H and O–H groups in total. The molecule has 2 fully saturated rings. The lowest BCUT2D eigenvalue weighted by Crippen LogP contribution is -2.53. The first-order valence-corrected chi connectivity index (χ1v) is 15.1. The van der Waals surface area contributed by atoms with Gasteiger partial charge in [-0.05, 0) is 69.2 Å². The molecule has 1 aromatic heterocycles. The summed E-state index contributed by atoms with van der Waals surface area (Å²) in [5.74, 6) is -0.432. The van der Waals surface area contributed by atoms with Gasteiger partial charge in [0.25, 0.3) is 0 Å². The van der Waals surface area contributed by atoms with Gasteiger partial charge in [0.15, 0.2) is 5.82 Å². The molecule has 1 saturated heterocycles. The standard InChI is InChI=1S/C26H35FN6O4S/c1-38(36,37)30-20-7-4-18(5-8-20)15-31-10-2-3-21(16-31)32-11-12-33(24-14-28-17-29-25(24)32)23-9-6-19(27)13-22(23)26(34)35/h6,9,13-14,17-18,20-21,30H,2-5,7-8,10-12,15-16H2,1H3,(H,34,35)/t18-,20-,21?. The summed E-state index contributed by atoms with van der Waals surface area (Å²) in [5, 5.41) is 9.68. The Balaban J connectivity index is 1.27. The molecule has 1 aliphatic carbocycles. The molecule has 1 atom stereocenters. The van der Waals surface area contributed by atoms with Crippen LogP contribution in [-0.4, -0.2) is 85.4 Å². The summed E-state index contributed by atoms with van der Waals surface area (Å²) in [6, 6.07) is 4.16. The number of rotatable bonds is 7. The van der Waals surface area contributed by atoms with Crippen molar-refractivity contribution in [2.45, 2.75) is 50.6 Å². The molecule has 0 bridgehead atoms. The number of carboxylic acid groups (broad SMARTS) is 1. The van der Waals surface area contributed by atoms with E-state index >= 15 is 0 Å². The van der Waals surface area contributed by atoms with Crippen LogP contribution in [0.15, 0.2) is 30.7 Å². The van der Waals surface area contributed by atoms with E-state index in [0.29, 0.717) is 24.7 Å². The Morgan fingerprint density at radius 3 is 2.66 bits per heavy atom. The third-order valence-corrected chi connectivity index (χ3v) is 8.71. The number of halogens is 1. The van der Waals surface area contributed by atoms with E-state index in [2.05, 4.69) is 24.5 Å². The number of benzene rings is 1.